The Morgan fingerprint density at radius 1 is 1.02 bits per heavy atom. The molecule has 0 saturated carbocycles. The first-order chi connectivity index (χ1) is 19.7. The van der Waals surface area contributed by atoms with E-state index in [1.165, 1.54) is 12.1 Å². The van der Waals surface area contributed by atoms with Gasteiger partial charge >= 0.3 is 0 Å². The Labute approximate surface area is 234 Å². The van der Waals surface area contributed by atoms with Crippen molar-refractivity contribution in [3.05, 3.63) is 113 Å². The van der Waals surface area contributed by atoms with Crippen molar-refractivity contribution in [2.24, 2.45) is 5.73 Å². The number of nitrogens with zero attached hydrogens (tertiary/aromatic N) is 3. The number of methoxy groups -OCH3 is 1. The SMILES string of the molecule is COc1ccc2c(C)nn(CC(=O)N[C@@H](Cc3cc(F)cc(F)c3)c3ncccc3-c3cccc(C(N)=O)c3)c2c1. The van der Waals surface area contributed by atoms with Crippen molar-refractivity contribution in [3.8, 4) is 16.9 Å². The van der Waals surface area contributed by atoms with Crippen LogP contribution in [0.3, 0.4) is 0 Å². The first-order valence-corrected chi connectivity index (χ1v) is 12.8. The zero-order valence-electron chi connectivity index (χ0n) is 22.4. The second-order valence-corrected chi connectivity index (χ2v) is 9.61. The molecule has 2 aromatic heterocycles. The van der Waals surface area contributed by atoms with Crippen molar-refractivity contribution < 1.29 is 23.1 Å². The Morgan fingerprint density at radius 3 is 2.54 bits per heavy atom. The molecular weight excluding hydrogens is 528 g/mol. The van der Waals surface area contributed by atoms with Gasteiger partial charge in [-0.3, -0.25) is 19.3 Å². The van der Waals surface area contributed by atoms with Crippen LogP contribution in [0, 0.1) is 18.6 Å². The summed E-state index contributed by atoms with van der Waals surface area (Å²) in [6.07, 6.45) is 1.62. The van der Waals surface area contributed by atoms with Gasteiger partial charge in [-0.25, -0.2) is 8.78 Å². The van der Waals surface area contributed by atoms with Gasteiger partial charge in [0.2, 0.25) is 11.8 Å². The van der Waals surface area contributed by atoms with Crippen LogP contribution in [-0.2, 0) is 17.8 Å². The lowest BCUT2D eigenvalue weighted by molar-refractivity contribution is -0.122. The number of nitrogens with two attached hydrogens (primary N) is 1. The molecule has 5 rings (SSSR count). The number of aryl methyl sites for hydroxylation is 1. The fourth-order valence-electron chi connectivity index (χ4n) is 4.90. The number of nitrogens with one attached hydrogen (secondary N) is 1. The monoisotopic (exact) mass is 555 g/mol. The summed E-state index contributed by atoms with van der Waals surface area (Å²) < 4.78 is 35.1. The van der Waals surface area contributed by atoms with E-state index in [4.69, 9.17) is 10.5 Å². The molecule has 0 aliphatic carbocycles. The van der Waals surface area contributed by atoms with Crippen LogP contribution in [0.4, 0.5) is 8.78 Å². The lowest BCUT2D eigenvalue weighted by Crippen LogP contribution is -2.34. The molecule has 2 heterocycles. The van der Waals surface area contributed by atoms with Crippen molar-refractivity contribution in [3.63, 3.8) is 0 Å². The second kappa shape index (κ2) is 11.5. The number of hydrogen-bond donors (Lipinski definition) is 2. The topological polar surface area (TPSA) is 112 Å². The average molecular weight is 556 g/mol. The molecule has 2 amide bonds. The van der Waals surface area contributed by atoms with E-state index in [-0.39, 0.29) is 18.9 Å². The summed E-state index contributed by atoms with van der Waals surface area (Å²) in [7, 11) is 1.56. The number of carbonyl (C=O) groups excluding carboxylic acids is 2. The fourth-order valence-corrected chi connectivity index (χ4v) is 4.90. The second-order valence-electron chi connectivity index (χ2n) is 9.61. The Hall–Kier alpha value is -5.12. The van der Waals surface area contributed by atoms with Crippen LogP contribution < -0.4 is 15.8 Å². The number of pyridine rings is 1. The first kappa shape index (κ1) is 27.4. The number of carbonyl (C=O) groups is 2. The number of hydrogen-bond acceptors (Lipinski definition) is 5. The van der Waals surface area contributed by atoms with Crippen molar-refractivity contribution in [2.45, 2.75) is 25.9 Å². The van der Waals surface area contributed by atoms with E-state index in [1.807, 2.05) is 19.1 Å². The molecule has 0 spiro atoms. The van der Waals surface area contributed by atoms with Crippen LogP contribution >= 0.6 is 0 Å². The molecule has 0 saturated heterocycles. The number of primary amides is 1. The Morgan fingerprint density at radius 2 is 1.80 bits per heavy atom. The number of amides is 2. The van der Waals surface area contributed by atoms with Crippen LogP contribution in [0.5, 0.6) is 5.75 Å². The van der Waals surface area contributed by atoms with Crippen molar-refractivity contribution in [2.75, 3.05) is 7.11 Å². The minimum absolute atomic E-state index is 0.0483. The zero-order valence-corrected chi connectivity index (χ0v) is 22.4. The standard InChI is InChI=1S/C31H27F2N5O3/c1-18-25-9-8-24(41-2)16-28(25)38(37-18)17-29(39)36-27(13-19-11-22(32)15-23(33)12-19)30-26(7-4-10-35-30)20-5-3-6-21(14-20)31(34)40/h3-12,14-16,27H,13,17H2,1-2H3,(H2,34,40)(H,36,39)/t27-/m0/s1. The van der Waals surface area contributed by atoms with Gasteiger partial charge in [-0.2, -0.15) is 5.10 Å². The van der Waals surface area contributed by atoms with E-state index in [1.54, 1.807) is 60.5 Å². The maximum absolute atomic E-state index is 14.1. The van der Waals surface area contributed by atoms with Crippen LogP contribution in [0.1, 0.15) is 33.4 Å². The summed E-state index contributed by atoms with van der Waals surface area (Å²) in [5.41, 5.74) is 9.34. The molecule has 8 nitrogen and oxygen atoms in total. The molecular formula is C31H27F2N5O3. The lowest BCUT2D eigenvalue weighted by atomic mass is 9.94. The molecule has 0 fully saturated rings. The number of aromatic nitrogens is 3. The molecule has 5 aromatic rings. The van der Waals surface area contributed by atoms with Gasteiger partial charge in [0.15, 0.2) is 0 Å². The molecule has 3 aromatic carbocycles. The van der Waals surface area contributed by atoms with Gasteiger partial charge < -0.3 is 15.8 Å². The van der Waals surface area contributed by atoms with E-state index in [2.05, 4.69) is 15.4 Å². The number of fused-ring (bicyclic) bond motifs is 1. The highest BCUT2D eigenvalue weighted by Gasteiger charge is 2.23. The summed E-state index contributed by atoms with van der Waals surface area (Å²) in [6, 6.07) is 18.2. The number of rotatable bonds is 9. The summed E-state index contributed by atoms with van der Waals surface area (Å²) in [5, 5.41) is 8.40. The molecule has 208 valence electrons. The maximum atomic E-state index is 14.1. The largest absolute Gasteiger partial charge is 0.497 e. The first-order valence-electron chi connectivity index (χ1n) is 12.8. The van der Waals surface area contributed by atoms with Gasteiger partial charge in [0, 0.05) is 34.8 Å². The van der Waals surface area contributed by atoms with Crippen molar-refractivity contribution >= 4 is 22.7 Å². The number of benzene rings is 3. The minimum atomic E-state index is -0.783. The molecule has 10 heteroatoms. The lowest BCUT2D eigenvalue weighted by Gasteiger charge is -2.22. The molecule has 41 heavy (non-hydrogen) atoms. The highest BCUT2D eigenvalue weighted by Crippen LogP contribution is 2.30. The van der Waals surface area contributed by atoms with E-state index >= 15 is 0 Å². The highest BCUT2D eigenvalue weighted by atomic mass is 19.1. The maximum Gasteiger partial charge on any atom is 0.248 e. The smallest absolute Gasteiger partial charge is 0.248 e. The van der Waals surface area contributed by atoms with Gasteiger partial charge in [-0.05, 0) is 66.9 Å². The quantitative estimate of drug-likeness (QED) is 0.269. The van der Waals surface area contributed by atoms with Crippen LogP contribution in [-0.4, -0.2) is 33.7 Å². The van der Waals surface area contributed by atoms with Crippen LogP contribution in [0.2, 0.25) is 0 Å². The van der Waals surface area contributed by atoms with Crippen molar-refractivity contribution in [1.29, 1.82) is 0 Å². The molecule has 0 bridgehead atoms. The Kier molecular flexibility index (Phi) is 7.73. The molecule has 0 aliphatic heterocycles. The van der Waals surface area contributed by atoms with E-state index in [0.717, 1.165) is 22.7 Å². The predicted octanol–water partition coefficient (Wildman–Crippen LogP) is 4.89. The molecule has 1 atom stereocenters. The minimum Gasteiger partial charge on any atom is -0.497 e. The van der Waals surface area contributed by atoms with Crippen LogP contribution in [0.25, 0.3) is 22.0 Å². The number of halogens is 2. The van der Waals surface area contributed by atoms with E-state index in [0.29, 0.717) is 33.7 Å². The fraction of sp³-hybridized carbons (Fsp3) is 0.161. The van der Waals surface area contributed by atoms with E-state index in [9.17, 15) is 18.4 Å². The van der Waals surface area contributed by atoms with Crippen LogP contribution in [0.15, 0.2) is 79.0 Å². The van der Waals surface area contributed by atoms with Gasteiger partial charge in [0.05, 0.1) is 30.1 Å². The Balaban J connectivity index is 1.52. The summed E-state index contributed by atoms with van der Waals surface area (Å²) in [5.74, 6) is -1.81. The molecule has 0 unspecified atom stereocenters. The zero-order chi connectivity index (χ0) is 29.1. The predicted molar refractivity (Wildman–Crippen MR) is 150 cm³/mol. The van der Waals surface area contributed by atoms with Gasteiger partial charge in [0.25, 0.3) is 0 Å². The molecule has 3 N–H and O–H groups in total. The molecule has 0 radical (unpaired) electrons. The highest BCUT2D eigenvalue weighted by molar-refractivity contribution is 5.94. The average Bonchev–Trinajstić information content (AvgIpc) is 3.26. The third-order valence-corrected chi connectivity index (χ3v) is 6.76. The summed E-state index contributed by atoms with van der Waals surface area (Å²) in [4.78, 5) is 29.9. The van der Waals surface area contributed by atoms with Gasteiger partial charge in [0.1, 0.15) is 23.9 Å². The summed E-state index contributed by atoms with van der Waals surface area (Å²) in [6.45, 7) is 1.73. The third kappa shape index (κ3) is 6.06. The van der Waals surface area contributed by atoms with Gasteiger partial charge in [-0.1, -0.05) is 18.2 Å². The third-order valence-electron chi connectivity index (χ3n) is 6.76. The van der Waals surface area contributed by atoms with E-state index < -0.39 is 23.6 Å². The Bertz CT molecular complexity index is 1750. The summed E-state index contributed by atoms with van der Waals surface area (Å²) >= 11 is 0. The normalized spacial score (nSPS) is 11.8. The number of ether oxygens (including phenoxy) is 1. The molecule has 0 aliphatic rings. The van der Waals surface area contributed by atoms with Crippen molar-refractivity contribution in [1.82, 2.24) is 20.1 Å². The van der Waals surface area contributed by atoms with Gasteiger partial charge in [-0.15, -0.1) is 0 Å².